The van der Waals surface area contributed by atoms with Crippen LogP contribution in [0.4, 0.5) is 5.69 Å². The molecule has 0 unspecified atom stereocenters. The molecule has 38 heavy (non-hydrogen) atoms. The first-order valence-electron chi connectivity index (χ1n) is 11.5. The Morgan fingerprint density at radius 2 is 1.55 bits per heavy atom. The predicted octanol–water partition coefficient (Wildman–Crippen LogP) is 8.46. The minimum Gasteiger partial charge on any atom is -0.489 e. The second kappa shape index (κ2) is 13.2. The number of carbonyl (C=O) groups excluding carboxylic acids is 1. The lowest BCUT2D eigenvalue weighted by Gasteiger charge is -2.11. The highest BCUT2D eigenvalue weighted by Crippen LogP contribution is 2.26. The minimum atomic E-state index is -0.532. The van der Waals surface area contributed by atoms with E-state index in [2.05, 4.69) is 21.2 Å². The number of carbonyl (C=O) groups is 1. The van der Waals surface area contributed by atoms with E-state index in [1.54, 1.807) is 54.6 Å². The van der Waals surface area contributed by atoms with Gasteiger partial charge in [-0.05, 0) is 71.8 Å². The SMILES string of the molecule is N#C/C(=C\c1ccccc1OCc1ccc(Cl)c(Cl)c1)C(=O)Nc1ccc(OCc2ccc(Br)cc2)cc1. The van der Waals surface area contributed by atoms with Crippen molar-refractivity contribution < 1.29 is 14.3 Å². The maximum Gasteiger partial charge on any atom is 0.266 e. The topological polar surface area (TPSA) is 71.3 Å². The maximum absolute atomic E-state index is 12.8. The highest BCUT2D eigenvalue weighted by molar-refractivity contribution is 9.10. The highest BCUT2D eigenvalue weighted by atomic mass is 79.9. The average molecular weight is 608 g/mol. The summed E-state index contributed by atoms with van der Waals surface area (Å²) in [6.07, 6.45) is 1.50. The van der Waals surface area contributed by atoms with Crippen molar-refractivity contribution in [3.8, 4) is 17.6 Å². The molecule has 190 valence electrons. The van der Waals surface area contributed by atoms with Crippen LogP contribution in [0.3, 0.4) is 0 Å². The normalized spacial score (nSPS) is 10.9. The fraction of sp³-hybridized carbons (Fsp3) is 0.0667. The van der Waals surface area contributed by atoms with Gasteiger partial charge in [-0.1, -0.05) is 75.5 Å². The minimum absolute atomic E-state index is 0.0637. The molecular weight excluding hydrogens is 587 g/mol. The van der Waals surface area contributed by atoms with Crippen molar-refractivity contribution >= 4 is 56.8 Å². The van der Waals surface area contributed by atoms with Gasteiger partial charge in [0.25, 0.3) is 5.91 Å². The number of nitrogens with one attached hydrogen (secondary N) is 1. The third-order valence-corrected chi connectivity index (χ3v) is 6.66. The van der Waals surface area contributed by atoms with Crippen molar-refractivity contribution in [1.29, 1.82) is 5.26 Å². The van der Waals surface area contributed by atoms with Gasteiger partial charge in [-0.3, -0.25) is 4.79 Å². The zero-order valence-corrected chi connectivity index (χ0v) is 23.1. The molecule has 4 rings (SSSR count). The van der Waals surface area contributed by atoms with Crippen LogP contribution in [-0.2, 0) is 18.0 Å². The molecule has 0 saturated carbocycles. The molecule has 0 radical (unpaired) electrons. The molecule has 1 N–H and O–H groups in total. The molecule has 0 aliphatic rings. The van der Waals surface area contributed by atoms with E-state index >= 15 is 0 Å². The molecule has 0 bridgehead atoms. The Labute approximate surface area is 239 Å². The van der Waals surface area contributed by atoms with Crippen LogP contribution >= 0.6 is 39.1 Å². The Balaban J connectivity index is 1.39. The van der Waals surface area contributed by atoms with Crippen LogP contribution in [-0.4, -0.2) is 5.91 Å². The second-order valence-corrected chi connectivity index (χ2v) is 9.87. The summed E-state index contributed by atoms with van der Waals surface area (Å²) in [5.41, 5.74) is 2.94. The van der Waals surface area contributed by atoms with Gasteiger partial charge in [-0.2, -0.15) is 5.26 Å². The van der Waals surface area contributed by atoms with Crippen molar-refractivity contribution in [2.45, 2.75) is 13.2 Å². The third-order valence-electron chi connectivity index (χ3n) is 5.39. The number of para-hydroxylation sites is 1. The van der Waals surface area contributed by atoms with Crippen LogP contribution < -0.4 is 14.8 Å². The first-order chi connectivity index (χ1) is 18.4. The van der Waals surface area contributed by atoms with Crippen LogP contribution in [0.15, 0.2) is 101 Å². The summed E-state index contributed by atoms with van der Waals surface area (Å²) in [7, 11) is 0. The number of nitriles is 1. The van der Waals surface area contributed by atoms with Crippen molar-refractivity contribution in [3.63, 3.8) is 0 Å². The molecule has 0 heterocycles. The number of halogens is 3. The van der Waals surface area contributed by atoms with Gasteiger partial charge < -0.3 is 14.8 Å². The smallest absolute Gasteiger partial charge is 0.266 e. The number of amides is 1. The maximum atomic E-state index is 12.8. The molecule has 0 fully saturated rings. The van der Waals surface area contributed by atoms with Gasteiger partial charge in [0, 0.05) is 15.7 Å². The van der Waals surface area contributed by atoms with E-state index in [9.17, 15) is 10.1 Å². The zero-order chi connectivity index (χ0) is 26.9. The first kappa shape index (κ1) is 27.3. The first-order valence-corrected chi connectivity index (χ1v) is 13.0. The molecule has 0 aliphatic heterocycles. The van der Waals surface area contributed by atoms with Gasteiger partial charge in [0.1, 0.15) is 36.4 Å². The fourth-order valence-corrected chi connectivity index (χ4v) is 3.99. The lowest BCUT2D eigenvalue weighted by Crippen LogP contribution is -2.13. The second-order valence-electron chi connectivity index (χ2n) is 8.14. The quantitative estimate of drug-likeness (QED) is 0.153. The Morgan fingerprint density at radius 1 is 0.868 bits per heavy atom. The summed E-state index contributed by atoms with van der Waals surface area (Å²) in [4.78, 5) is 12.8. The number of benzene rings is 4. The highest BCUT2D eigenvalue weighted by Gasteiger charge is 2.12. The predicted molar refractivity (Wildman–Crippen MR) is 154 cm³/mol. The van der Waals surface area contributed by atoms with Crippen LogP contribution in [0.25, 0.3) is 6.08 Å². The molecule has 8 heteroatoms. The van der Waals surface area contributed by atoms with E-state index in [1.807, 2.05) is 42.5 Å². The van der Waals surface area contributed by atoms with Crippen molar-refractivity contribution in [3.05, 3.63) is 128 Å². The summed E-state index contributed by atoms with van der Waals surface area (Å²) in [6, 6.07) is 29.2. The van der Waals surface area contributed by atoms with Gasteiger partial charge in [0.05, 0.1) is 10.0 Å². The Hall–Kier alpha value is -3.76. The van der Waals surface area contributed by atoms with Crippen LogP contribution in [0.2, 0.25) is 10.0 Å². The molecule has 5 nitrogen and oxygen atoms in total. The van der Waals surface area contributed by atoms with Gasteiger partial charge in [0.15, 0.2) is 0 Å². The zero-order valence-electron chi connectivity index (χ0n) is 20.0. The van der Waals surface area contributed by atoms with Gasteiger partial charge in [-0.25, -0.2) is 0 Å². The molecule has 1 amide bonds. The van der Waals surface area contributed by atoms with Crippen LogP contribution in [0.5, 0.6) is 11.5 Å². The van der Waals surface area contributed by atoms with Crippen LogP contribution in [0, 0.1) is 11.3 Å². The summed E-state index contributed by atoms with van der Waals surface area (Å²) in [5, 5.41) is 13.3. The Morgan fingerprint density at radius 3 is 2.26 bits per heavy atom. The molecule has 0 aliphatic carbocycles. The molecule has 0 spiro atoms. The summed E-state index contributed by atoms with van der Waals surface area (Å²) >= 11 is 15.5. The molecule has 0 atom stereocenters. The number of nitrogens with zero attached hydrogens (tertiary/aromatic N) is 1. The lowest BCUT2D eigenvalue weighted by atomic mass is 10.1. The molecule has 4 aromatic carbocycles. The van der Waals surface area contributed by atoms with Gasteiger partial charge >= 0.3 is 0 Å². The lowest BCUT2D eigenvalue weighted by molar-refractivity contribution is -0.112. The summed E-state index contributed by atoms with van der Waals surface area (Å²) in [6.45, 7) is 0.666. The number of rotatable bonds is 9. The summed E-state index contributed by atoms with van der Waals surface area (Å²) < 4.78 is 12.7. The number of anilines is 1. The van der Waals surface area contributed by atoms with E-state index in [-0.39, 0.29) is 12.2 Å². The van der Waals surface area contributed by atoms with Gasteiger partial charge in [-0.15, -0.1) is 0 Å². The van der Waals surface area contributed by atoms with Crippen molar-refractivity contribution in [2.24, 2.45) is 0 Å². The number of hydrogen-bond acceptors (Lipinski definition) is 4. The van der Waals surface area contributed by atoms with Crippen LogP contribution in [0.1, 0.15) is 16.7 Å². The van der Waals surface area contributed by atoms with E-state index in [4.69, 9.17) is 32.7 Å². The van der Waals surface area contributed by atoms with E-state index in [1.165, 1.54) is 6.08 Å². The number of ether oxygens (including phenoxy) is 2. The van der Waals surface area contributed by atoms with Crippen molar-refractivity contribution in [2.75, 3.05) is 5.32 Å². The monoisotopic (exact) mass is 606 g/mol. The van der Waals surface area contributed by atoms with E-state index < -0.39 is 5.91 Å². The molecule has 0 aromatic heterocycles. The fourth-order valence-electron chi connectivity index (χ4n) is 3.41. The Bertz CT molecular complexity index is 1500. The average Bonchev–Trinajstić information content (AvgIpc) is 2.93. The van der Waals surface area contributed by atoms with E-state index in [0.717, 1.165) is 15.6 Å². The Kier molecular flexibility index (Phi) is 9.45. The standard InChI is InChI=1S/C30H21BrCl2N2O3/c31-24-8-5-20(6-9-24)18-37-26-12-10-25(11-13-26)35-30(36)23(17-34)16-22-3-1-2-4-29(22)38-19-21-7-14-27(32)28(33)15-21/h1-16H,18-19H2,(H,35,36)/b23-16+. The van der Waals surface area contributed by atoms with Crippen molar-refractivity contribution in [1.82, 2.24) is 0 Å². The van der Waals surface area contributed by atoms with E-state index in [0.29, 0.717) is 39.4 Å². The number of hydrogen-bond donors (Lipinski definition) is 1. The third kappa shape index (κ3) is 7.62. The molecule has 0 saturated heterocycles. The molecular formula is C30H21BrCl2N2O3. The molecule has 4 aromatic rings. The van der Waals surface area contributed by atoms with Gasteiger partial charge in [0.2, 0.25) is 0 Å². The summed E-state index contributed by atoms with van der Waals surface area (Å²) in [5.74, 6) is 0.650. The largest absolute Gasteiger partial charge is 0.489 e.